The average molecular weight is 434 g/mol. The maximum absolute atomic E-state index is 12.1. The maximum atomic E-state index is 12.1. The zero-order chi connectivity index (χ0) is 23.4. The summed E-state index contributed by atoms with van der Waals surface area (Å²) in [7, 11) is 3.37. The molecule has 0 aromatic heterocycles. The van der Waals surface area contributed by atoms with E-state index in [9.17, 15) is 9.59 Å². The second-order valence-electron chi connectivity index (χ2n) is 8.64. The largest absolute Gasteiger partial charge is 0.444 e. The van der Waals surface area contributed by atoms with Crippen LogP contribution in [0.2, 0.25) is 0 Å². The number of nitrogens with one attached hydrogen (secondary N) is 3. The molecule has 8 heteroatoms. The van der Waals surface area contributed by atoms with Crippen molar-refractivity contribution in [3.05, 3.63) is 35.4 Å². The third-order valence-corrected chi connectivity index (χ3v) is 4.32. The van der Waals surface area contributed by atoms with E-state index in [2.05, 4.69) is 27.9 Å². The van der Waals surface area contributed by atoms with Gasteiger partial charge < -0.3 is 25.6 Å². The first kappa shape index (κ1) is 26.3. The highest BCUT2D eigenvalue weighted by Gasteiger charge is 2.20. The number of hydrogen-bond donors (Lipinski definition) is 3. The van der Waals surface area contributed by atoms with Gasteiger partial charge in [-0.05, 0) is 57.7 Å². The molecular formula is C23H39N5O3. The van der Waals surface area contributed by atoms with Crippen molar-refractivity contribution in [1.82, 2.24) is 20.9 Å². The second-order valence-corrected chi connectivity index (χ2v) is 8.64. The number of ether oxygens (including phenoxy) is 1. The minimum atomic E-state index is -0.505. The highest BCUT2D eigenvalue weighted by Crippen LogP contribution is 2.10. The van der Waals surface area contributed by atoms with Crippen LogP contribution in [0.3, 0.4) is 0 Å². The van der Waals surface area contributed by atoms with Crippen LogP contribution in [-0.2, 0) is 11.2 Å². The molecule has 174 valence electrons. The minimum Gasteiger partial charge on any atom is -0.444 e. The lowest BCUT2D eigenvalue weighted by Gasteiger charge is -2.26. The summed E-state index contributed by atoms with van der Waals surface area (Å²) >= 11 is 0. The summed E-state index contributed by atoms with van der Waals surface area (Å²) in [6, 6.07) is 7.60. The van der Waals surface area contributed by atoms with Crippen LogP contribution >= 0.6 is 0 Å². The molecule has 0 fully saturated rings. The van der Waals surface area contributed by atoms with E-state index in [-0.39, 0.29) is 17.9 Å². The molecule has 0 bridgehead atoms. The van der Waals surface area contributed by atoms with Gasteiger partial charge >= 0.3 is 6.09 Å². The van der Waals surface area contributed by atoms with E-state index < -0.39 is 5.60 Å². The fraction of sp³-hybridized carbons (Fsp3) is 0.609. The number of rotatable bonds is 9. The van der Waals surface area contributed by atoms with Crippen molar-refractivity contribution in [3.63, 3.8) is 0 Å². The number of hydrogen-bond acceptors (Lipinski definition) is 4. The van der Waals surface area contributed by atoms with Crippen molar-refractivity contribution in [2.45, 2.75) is 46.6 Å². The molecule has 8 nitrogen and oxygen atoms in total. The van der Waals surface area contributed by atoms with Crippen molar-refractivity contribution in [1.29, 1.82) is 0 Å². The zero-order valence-corrected chi connectivity index (χ0v) is 20.0. The fourth-order valence-electron chi connectivity index (χ4n) is 2.87. The Morgan fingerprint density at radius 3 is 2.55 bits per heavy atom. The minimum absolute atomic E-state index is 0.0879. The number of guanidine groups is 1. The Balaban J connectivity index is 2.55. The fourth-order valence-corrected chi connectivity index (χ4v) is 2.87. The summed E-state index contributed by atoms with van der Waals surface area (Å²) in [6.45, 7) is 12.2. The molecule has 31 heavy (non-hydrogen) atoms. The Hall–Kier alpha value is -2.77. The first-order chi connectivity index (χ1) is 14.6. The van der Waals surface area contributed by atoms with Crippen LogP contribution in [0.1, 0.15) is 50.5 Å². The summed E-state index contributed by atoms with van der Waals surface area (Å²) in [6.07, 6.45) is 0.443. The van der Waals surface area contributed by atoms with Crippen molar-refractivity contribution in [2.24, 2.45) is 10.9 Å². The van der Waals surface area contributed by atoms with E-state index in [1.165, 1.54) is 0 Å². The normalized spacial score (nSPS) is 12.7. The maximum Gasteiger partial charge on any atom is 0.410 e. The van der Waals surface area contributed by atoms with Gasteiger partial charge in [-0.3, -0.25) is 9.79 Å². The van der Waals surface area contributed by atoms with Crippen molar-refractivity contribution in [2.75, 3.05) is 40.3 Å². The number of carbonyl (C=O) groups excluding carboxylic acids is 2. The van der Waals surface area contributed by atoms with Crippen LogP contribution in [0.15, 0.2) is 29.3 Å². The Labute approximate surface area is 186 Å². The number of carbonyl (C=O) groups is 2. The lowest BCUT2D eigenvalue weighted by molar-refractivity contribution is 0.0278. The van der Waals surface area contributed by atoms with Crippen LogP contribution in [0.4, 0.5) is 4.79 Å². The highest BCUT2D eigenvalue weighted by atomic mass is 16.6. The van der Waals surface area contributed by atoms with Gasteiger partial charge in [0.05, 0.1) is 0 Å². The van der Waals surface area contributed by atoms with Gasteiger partial charge in [-0.1, -0.05) is 19.1 Å². The average Bonchev–Trinajstić information content (AvgIpc) is 2.70. The number of aliphatic imine (C=N–C) groups is 1. The topological polar surface area (TPSA) is 95.1 Å². The van der Waals surface area contributed by atoms with Gasteiger partial charge in [0.25, 0.3) is 5.91 Å². The molecule has 0 saturated heterocycles. The molecule has 0 heterocycles. The third-order valence-electron chi connectivity index (χ3n) is 4.32. The van der Waals surface area contributed by atoms with Gasteiger partial charge in [-0.25, -0.2) is 4.79 Å². The summed E-state index contributed by atoms with van der Waals surface area (Å²) in [5.41, 5.74) is 1.23. The molecule has 0 aliphatic rings. The lowest BCUT2D eigenvalue weighted by Crippen LogP contribution is -2.39. The lowest BCUT2D eigenvalue weighted by atomic mass is 10.1. The quantitative estimate of drug-likeness (QED) is 0.411. The molecular weight excluding hydrogens is 394 g/mol. The third kappa shape index (κ3) is 10.7. The predicted octanol–water partition coefficient (Wildman–Crippen LogP) is 2.65. The molecule has 0 spiro atoms. The van der Waals surface area contributed by atoms with E-state index in [4.69, 9.17) is 4.74 Å². The van der Waals surface area contributed by atoms with Crippen LogP contribution in [0.25, 0.3) is 0 Å². The SMILES string of the molecule is CCNC(=NCC(C)CN(C)C(=O)OC(C)(C)C)NCCc1cccc(C(=O)NC)c1. The number of amides is 2. The van der Waals surface area contributed by atoms with Gasteiger partial charge in [0.15, 0.2) is 5.96 Å². The number of nitrogens with zero attached hydrogens (tertiary/aromatic N) is 2. The molecule has 1 rings (SSSR count). The van der Waals surface area contributed by atoms with Crippen molar-refractivity contribution < 1.29 is 14.3 Å². The first-order valence-electron chi connectivity index (χ1n) is 10.8. The summed E-state index contributed by atoms with van der Waals surface area (Å²) in [5.74, 6) is 0.823. The van der Waals surface area contributed by atoms with Crippen LogP contribution in [-0.4, -0.2) is 68.7 Å². The first-order valence-corrected chi connectivity index (χ1v) is 10.8. The van der Waals surface area contributed by atoms with Gasteiger partial charge in [0.1, 0.15) is 5.60 Å². The molecule has 2 amide bonds. The summed E-state index contributed by atoms with van der Waals surface area (Å²) in [4.78, 5) is 30.1. The van der Waals surface area contributed by atoms with Gasteiger partial charge in [-0.2, -0.15) is 0 Å². The molecule has 0 aliphatic carbocycles. The molecule has 3 N–H and O–H groups in total. The molecule has 0 saturated carbocycles. The standard InChI is InChI=1S/C23H39N5O3/c1-8-25-21(26-13-12-18-10-9-11-19(14-18)20(29)24-6)27-15-17(2)16-28(7)22(30)31-23(3,4)5/h9-11,14,17H,8,12-13,15-16H2,1-7H3,(H,24,29)(H2,25,26,27). The Morgan fingerprint density at radius 2 is 1.94 bits per heavy atom. The van der Waals surface area contributed by atoms with Crippen LogP contribution in [0.5, 0.6) is 0 Å². The van der Waals surface area contributed by atoms with Crippen LogP contribution in [0, 0.1) is 5.92 Å². The van der Waals surface area contributed by atoms with Crippen molar-refractivity contribution in [3.8, 4) is 0 Å². The van der Waals surface area contributed by atoms with Crippen LogP contribution < -0.4 is 16.0 Å². The predicted molar refractivity (Wildman–Crippen MR) is 126 cm³/mol. The van der Waals surface area contributed by atoms with E-state index in [0.29, 0.717) is 25.2 Å². The van der Waals surface area contributed by atoms with Gasteiger partial charge in [0.2, 0.25) is 0 Å². The monoisotopic (exact) mass is 433 g/mol. The Kier molecular flexibility index (Phi) is 10.9. The van der Waals surface area contributed by atoms with E-state index in [1.807, 2.05) is 45.9 Å². The summed E-state index contributed by atoms with van der Waals surface area (Å²) in [5, 5.41) is 9.21. The Bertz CT molecular complexity index is 743. The summed E-state index contributed by atoms with van der Waals surface area (Å²) < 4.78 is 5.39. The smallest absolute Gasteiger partial charge is 0.410 e. The molecule has 0 radical (unpaired) electrons. The van der Waals surface area contributed by atoms with Crippen molar-refractivity contribution >= 4 is 18.0 Å². The van der Waals surface area contributed by atoms with E-state index >= 15 is 0 Å². The van der Waals surface area contributed by atoms with Gasteiger partial charge in [-0.15, -0.1) is 0 Å². The Morgan fingerprint density at radius 1 is 1.23 bits per heavy atom. The number of benzene rings is 1. The van der Waals surface area contributed by atoms with E-state index in [1.54, 1.807) is 25.1 Å². The molecule has 1 aromatic rings. The highest BCUT2D eigenvalue weighted by molar-refractivity contribution is 5.94. The second kappa shape index (κ2) is 12.8. The molecule has 0 aliphatic heterocycles. The molecule has 1 unspecified atom stereocenters. The zero-order valence-electron chi connectivity index (χ0n) is 20.0. The van der Waals surface area contributed by atoms with E-state index in [0.717, 1.165) is 24.5 Å². The molecule has 1 aromatic carbocycles. The molecule has 1 atom stereocenters. The van der Waals surface area contributed by atoms with Gasteiger partial charge in [0, 0.05) is 45.8 Å².